The van der Waals surface area contributed by atoms with Crippen LogP contribution in [0.5, 0.6) is 11.6 Å². The lowest BCUT2D eigenvalue weighted by molar-refractivity contribution is -0.384. The van der Waals surface area contributed by atoms with Crippen molar-refractivity contribution in [3.63, 3.8) is 0 Å². The Labute approximate surface area is 134 Å². The fourth-order valence-electron chi connectivity index (χ4n) is 1.59. The van der Waals surface area contributed by atoms with E-state index in [1.807, 2.05) is 6.92 Å². The van der Waals surface area contributed by atoms with Gasteiger partial charge in [0.2, 0.25) is 5.88 Å². The second-order valence-electron chi connectivity index (χ2n) is 4.01. The third-order valence-corrected chi connectivity index (χ3v) is 3.25. The molecule has 0 aliphatic carbocycles. The second kappa shape index (κ2) is 6.73. The Bertz CT molecular complexity index is 682. The molecule has 6 nitrogen and oxygen atoms in total. The third kappa shape index (κ3) is 4.05. The van der Waals surface area contributed by atoms with E-state index < -0.39 is 4.92 Å². The van der Waals surface area contributed by atoms with Gasteiger partial charge >= 0.3 is 0 Å². The highest BCUT2D eigenvalue weighted by atomic mass is 79.9. The largest absolute Gasteiger partial charge is 0.437 e. The van der Waals surface area contributed by atoms with Crippen LogP contribution < -0.4 is 10.1 Å². The molecular formula is C13H11BrClN3O3. The van der Waals surface area contributed by atoms with Crippen LogP contribution in [0, 0.1) is 10.1 Å². The minimum Gasteiger partial charge on any atom is -0.437 e. The number of nitro groups is 1. The van der Waals surface area contributed by atoms with Crippen LogP contribution >= 0.6 is 27.5 Å². The van der Waals surface area contributed by atoms with Crippen LogP contribution in [-0.4, -0.2) is 16.5 Å². The number of aromatic nitrogens is 1. The molecule has 0 amide bonds. The maximum absolute atomic E-state index is 10.9. The third-order valence-electron chi connectivity index (χ3n) is 2.46. The van der Waals surface area contributed by atoms with Gasteiger partial charge in [-0.2, -0.15) is 4.98 Å². The van der Waals surface area contributed by atoms with Crippen molar-refractivity contribution in [3.05, 3.63) is 49.9 Å². The standard InChI is InChI=1S/C13H11BrClN3O3/c1-2-16-12-6-9(18(19)20)7-13(17-12)21-11-4-3-8(14)5-10(11)15/h3-7H,2H2,1H3,(H,16,17). The Balaban J connectivity index is 2.36. The highest BCUT2D eigenvalue weighted by Gasteiger charge is 2.13. The molecule has 0 fully saturated rings. The van der Waals surface area contributed by atoms with Gasteiger partial charge in [-0.3, -0.25) is 10.1 Å². The van der Waals surface area contributed by atoms with E-state index in [-0.39, 0.29) is 11.6 Å². The van der Waals surface area contributed by atoms with Crippen LogP contribution in [0.3, 0.4) is 0 Å². The number of ether oxygens (including phenoxy) is 1. The van der Waals surface area contributed by atoms with Crippen LogP contribution in [0.1, 0.15) is 6.92 Å². The van der Waals surface area contributed by atoms with E-state index in [0.29, 0.717) is 23.1 Å². The molecule has 1 heterocycles. The summed E-state index contributed by atoms with van der Waals surface area (Å²) in [5, 5.41) is 14.2. The lowest BCUT2D eigenvalue weighted by atomic mass is 10.3. The highest BCUT2D eigenvalue weighted by Crippen LogP contribution is 2.32. The van der Waals surface area contributed by atoms with Crippen LogP contribution in [0.15, 0.2) is 34.8 Å². The summed E-state index contributed by atoms with van der Waals surface area (Å²) in [5.41, 5.74) is -0.107. The molecular weight excluding hydrogens is 362 g/mol. The first-order valence-electron chi connectivity index (χ1n) is 6.03. The molecule has 1 aromatic heterocycles. The first kappa shape index (κ1) is 15.5. The Hall–Kier alpha value is -1.86. The van der Waals surface area contributed by atoms with Gasteiger partial charge in [-0.1, -0.05) is 27.5 Å². The Morgan fingerprint density at radius 2 is 2.19 bits per heavy atom. The van der Waals surface area contributed by atoms with Crippen molar-refractivity contribution in [1.29, 1.82) is 0 Å². The summed E-state index contributed by atoms with van der Waals surface area (Å²) < 4.78 is 6.34. The molecule has 0 unspecified atom stereocenters. The summed E-state index contributed by atoms with van der Waals surface area (Å²) in [6.45, 7) is 2.46. The molecule has 0 radical (unpaired) electrons. The van der Waals surface area contributed by atoms with Gasteiger partial charge in [0.15, 0.2) is 0 Å². The molecule has 0 bridgehead atoms. The van der Waals surface area contributed by atoms with Gasteiger partial charge in [0.25, 0.3) is 5.69 Å². The van der Waals surface area contributed by atoms with E-state index in [1.54, 1.807) is 18.2 Å². The SMILES string of the molecule is CCNc1cc([N+](=O)[O-])cc(Oc2ccc(Br)cc2Cl)n1. The van der Waals surface area contributed by atoms with Gasteiger partial charge < -0.3 is 10.1 Å². The summed E-state index contributed by atoms with van der Waals surface area (Å²) in [6, 6.07) is 7.67. The predicted octanol–water partition coefficient (Wildman–Crippen LogP) is 4.63. The molecule has 110 valence electrons. The minimum atomic E-state index is -0.501. The summed E-state index contributed by atoms with van der Waals surface area (Å²) in [7, 11) is 0. The average molecular weight is 373 g/mol. The Morgan fingerprint density at radius 1 is 1.43 bits per heavy atom. The number of pyridine rings is 1. The maximum Gasteiger partial charge on any atom is 0.278 e. The Kier molecular flexibility index (Phi) is 4.98. The van der Waals surface area contributed by atoms with Crippen molar-refractivity contribution in [1.82, 2.24) is 4.98 Å². The quantitative estimate of drug-likeness (QED) is 0.611. The van der Waals surface area contributed by atoms with Gasteiger partial charge in [0.1, 0.15) is 11.6 Å². The summed E-state index contributed by atoms with van der Waals surface area (Å²) in [4.78, 5) is 14.6. The summed E-state index contributed by atoms with van der Waals surface area (Å²) in [6.07, 6.45) is 0. The zero-order valence-electron chi connectivity index (χ0n) is 11.0. The molecule has 0 atom stereocenters. The number of hydrogen-bond acceptors (Lipinski definition) is 5. The minimum absolute atomic E-state index is 0.101. The number of nitrogens with zero attached hydrogens (tertiary/aromatic N) is 2. The maximum atomic E-state index is 10.9. The molecule has 0 saturated heterocycles. The van der Waals surface area contributed by atoms with Gasteiger partial charge in [0, 0.05) is 11.0 Å². The summed E-state index contributed by atoms with van der Waals surface area (Å²) in [5.74, 6) is 0.842. The zero-order chi connectivity index (χ0) is 15.4. The van der Waals surface area contributed by atoms with Crippen molar-refractivity contribution < 1.29 is 9.66 Å². The van der Waals surface area contributed by atoms with Gasteiger partial charge in [-0.15, -0.1) is 0 Å². The van der Waals surface area contributed by atoms with Crippen molar-refractivity contribution >= 4 is 39.0 Å². The zero-order valence-corrected chi connectivity index (χ0v) is 13.3. The van der Waals surface area contributed by atoms with Crippen LogP contribution in [0.2, 0.25) is 5.02 Å². The number of hydrogen-bond donors (Lipinski definition) is 1. The monoisotopic (exact) mass is 371 g/mol. The number of anilines is 1. The van der Waals surface area contributed by atoms with Crippen molar-refractivity contribution in [2.45, 2.75) is 6.92 Å². The average Bonchev–Trinajstić information content (AvgIpc) is 2.42. The molecule has 0 aliphatic heterocycles. The first-order valence-corrected chi connectivity index (χ1v) is 7.20. The van der Waals surface area contributed by atoms with Crippen molar-refractivity contribution in [2.24, 2.45) is 0 Å². The summed E-state index contributed by atoms with van der Waals surface area (Å²) >= 11 is 9.34. The number of nitrogens with one attached hydrogen (secondary N) is 1. The first-order chi connectivity index (χ1) is 9.99. The molecule has 0 saturated carbocycles. The second-order valence-corrected chi connectivity index (χ2v) is 5.34. The van der Waals surface area contributed by atoms with E-state index in [0.717, 1.165) is 4.47 Å². The molecule has 1 N–H and O–H groups in total. The molecule has 8 heteroatoms. The topological polar surface area (TPSA) is 77.3 Å². The number of rotatable bonds is 5. The van der Waals surface area contributed by atoms with E-state index in [2.05, 4.69) is 26.2 Å². The lowest BCUT2D eigenvalue weighted by Crippen LogP contribution is -2.02. The lowest BCUT2D eigenvalue weighted by Gasteiger charge is -2.09. The highest BCUT2D eigenvalue weighted by molar-refractivity contribution is 9.10. The van der Waals surface area contributed by atoms with Crippen LogP contribution in [0.25, 0.3) is 0 Å². The fraction of sp³-hybridized carbons (Fsp3) is 0.154. The van der Waals surface area contributed by atoms with E-state index in [1.165, 1.54) is 12.1 Å². The van der Waals surface area contributed by atoms with Gasteiger partial charge in [-0.25, -0.2) is 0 Å². The fourth-order valence-corrected chi connectivity index (χ4v) is 2.30. The Morgan fingerprint density at radius 3 is 2.81 bits per heavy atom. The van der Waals surface area contributed by atoms with Gasteiger partial charge in [-0.05, 0) is 25.1 Å². The molecule has 2 rings (SSSR count). The van der Waals surface area contributed by atoms with Gasteiger partial charge in [0.05, 0.1) is 22.1 Å². The van der Waals surface area contributed by atoms with E-state index >= 15 is 0 Å². The van der Waals surface area contributed by atoms with Crippen LogP contribution in [-0.2, 0) is 0 Å². The smallest absolute Gasteiger partial charge is 0.278 e. The predicted molar refractivity (Wildman–Crippen MR) is 84.3 cm³/mol. The molecule has 2 aromatic rings. The molecule has 0 aliphatic rings. The number of halogens is 2. The normalized spacial score (nSPS) is 10.2. The van der Waals surface area contributed by atoms with Crippen molar-refractivity contribution in [2.75, 3.05) is 11.9 Å². The molecule has 1 aromatic carbocycles. The molecule has 0 spiro atoms. The van der Waals surface area contributed by atoms with E-state index in [9.17, 15) is 10.1 Å². The van der Waals surface area contributed by atoms with Crippen LogP contribution in [0.4, 0.5) is 11.5 Å². The van der Waals surface area contributed by atoms with E-state index in [4.69, 9.17) is 16.3 Å². The van der Waals surface area contributed by atoms with Crippen molar-refractivity contribution in [3.8, 4) is 11.6 Å². The number of benzene rings is 1. The molecule has 21 heavy (non-hydrogen) atoms.